The molecular formula is C11H19N3. The Morgan fingerprint density at radius 2 is 2.29 bits per heavy atom. The van der Waals surface area contributed by atoms with Crippen molar-refractivity contribution in [1.29, 1.82) is 0 Å². The van der Waals surface area contributed by atoms with E-state index < -0.39 is 0 Å². The number of nitrogens with zero attached hydrogens (tertiary/aromatic N) is 2. The maximum absolute atomic E-state index is 6.09. The number of hydrogen-bond acceptors (Lipinski definition) is 2. The molecule has 1 atom stereocenters. The second-order valence-corrected chi connectivity index (χ2v) is 4.75. The van der Waals surface area contributed by atoms with Crippen LogP contribution < -0.4 is 5.73 Å². The number of aromatic nitrogens is 2. The molecular weight excluding hydrogens is 174 g/mol. The lowest BCUT2D eigenvalue weighted by atomic mass is 10.1. The van der Waals surface area contributed by atoms with Crippen molar-refractivity contribution in [1.82, 2.24) is 9.78 Å². The molecule has 1 aromatic heterocycles. The van der Waals surface area contributed by atoms with Crippen molar-refractivity contribution < 1.29 is 0 Å². The Balaban J connectivity index is 2.01. The zero-order valence-corrected chi connectivity index (χ0v) is 8.98. The fraction of sp³-hybridized carbons (Fsp3) is 0.727. The first kappa shape index (κ1) is 9.71. The van der Waals surface area contributed by atoms with Gasteiger partial charge >= 0.3 is 0 Å². The van der Waals surface area contributed by atoms with Gasteiger partial charge in [0.15, 0.2) is 0 Å². The molecule has 0 aliphatic heterocycles. The van der Waals surface area contributed by atoms with Crippen molar-refractivity contribution in [3.63, 3.8) is 0 Å². The number of nitrogens with two attached hydrogens (primary N) is 1. The van der Waals surface area contributed by atoms with E-state index in [1.54, 1.807) is 0 Å². The Hall–Kier alpha value is -0.830. The quantitative estimate of drug-likeness (QED) is 0.794. The highest BCUT2D eigenvalue weighted by molar-refractivity contribution is 5.13. The predicted molar refractivity (Wildman–Crippen MR) is 56.7 cm³/mol. The van der Waals surface area contributed by atoms with Crippen LogP contribution in [0, 0.1) is 11.8 Å². The van der Waals surface area contributed by atoms with Gasteiger partial charge in [-0.25, -0.2) is 0 Å². The van der Waals surface area contributed by atoms with Gasteiger partial charge in [-0.05, 0) is 24.7 Å². The molecule has 1 aliphatic carbocycles. The average Bonchev–Trinajstić information content (AvgIpc) is 2.86. The molecule has 0 bridgehead atoms. The molecule has 0 spiro atoms. The summed E-state index contributed by atoms with van der Waals surface area (Å²) in [5, 5.41) is 4.32. The number of rotatable bonds is 4. The van der Waals surface area contributed by atoms with E-state index in [9.17, 15) is 0 Å². The van der Waals surface area contributed by atoms with Crippen LogP contribution in [-0.4, -0.2) is 9.78 Å². The monoisotopic (exact) mass is 193 g/mol. The second kappa shape index (κ2) is 3.73. The minimum atomic E-state index is 0.218. The third kappa shape index (κ3) is 2.15. The van der Waals surface area contributed by atoms with Crippen LogP contribution >= 0.6 is 0 Å². The van der Waals surface area contributed by atoms with Gasteiger partial charge in [0, 0.05) is 24.3 Å². The zero-order valence-electron chi connectivity index (χ0n) is 8.98. The Labute approximate surface area is 85.3 Å². The average molecular weight is 193 g/mol. The highest BCUT2D eigenvalue weighted by Crippen LogP contribution is 2.39. The van der Waals surface area contributed by atoms with Gasteiger partial charge in [-0.15, -0.1) is 0 Å². The maximum atomic E-state index is 6.09. The molecule has 2 rings (SSSR count). The van der Waals surface area contributed by atoms with Crippen LogP contribution in [0.3, 0.4) is 0 Å². The van der Waals surface area contributed by atoms with E-state index in [1.165, 1.54) is 18.4 Å². The first-order chi connectivity index (χ1) is 6.66. The van der Waals surface area contributed by atoms with Gasteiger partial charge in [-0.3, -0.25) is 4.68 Å². The lowest BCUT2D eigenvalue weighted by molar-refractivity contribution is 0.482. The SMILES string of the molecule is CC(C)Cn1cc([C@@H](N)C2CC2)cn1. The normalized spacial score (nSPS) is 18.9. The molecule has 0 unspecified atom stereocenters. The Morgan fingerprint density at radius 3 is 2.86 bits per heavy atom. The predicted octanol–water partition coefficient (Wildman–Crippen LogP) is 1.95. The molecule has 0 radical (unpaired) electrons. The summed E-state index contributed by atoms with van der Waals surface area (Å²) in [6, 6.07) is 0.218. The van der Waals surface area contributed by atoms with Crippen LogP contribution in [0.25, 0.3) is 0 Å². The minimum Gasteiger partial charge on any atom is -0.324 e. The van der Waals surface area contributed by atoms with Crippen molar-refractivity contribution in [2.24, 2.45) is 17.6 Å². The van der Waals surface area contributed by atoms with Crippen LogP contribution in [0.2, 0.25) is 0 Å². The minimum absolute atomic E-state index is 0.218. The van der Waals surface area contributed by atoms with Gasteiger partial charge in [-0.2, -0.15) is 5.10 Å². The Morgan fingerprint density at radius 1 is 1.57 bits per heavy atom. The van der Waals surface area contributed by atoms with Gasteiger partial charge in [0.1, 0.15) is 0 Å². The topological polar surface area (TPSA) is 43.8 Å². The summed E-state index contributed by atoms with van der Waals surface area (Å²) in [7, 11) is 0. The summed E-state index contributed by atoms with van der Waals surface area (Å²) in [6.45, 7) is 5.38. The standard InChI is InChI=1S/C11H19N3/c1-8(2)6-14-7-10(5-13-14)11(12)9-3-4-9/h5,7-9,11H,3-4,6,12H2,1-2H3/t11-/m0/s1. The fourth-order valence-corrected chi connectivity index (χ4v) is 1.75. The smallest absolute Gasteiger partial charge is 0.0537 e. The summed E-state index contributed by atoms with van der Waals surface area (Å²) < 4.78 is 2.00. The van der Waals surface area contributed by atoms with Crippen molar-refractivity contribution in [2.75, 3.05) is 0 Å². The first-order valence-corrected chi connectivity index (χ1v) is 5.44. The van der Waals surface area contributed by atoms with E-state index in [-0.39, 0.29) is 6.04 Å². The third-order valence-electron chi connectivity index (χ3n) is 2.72. The molecule has 78 valence electrons. The van der Waals surface area contributed by atoms with Crippen LogP contribution in [0.4, 0.5) is 0 Å². The molecule has 3 heteroatoms. The van der Waals surface area contributed by atoms with E-state index in [4.69, 9.17) is 5.73 Å². The maximum Gasteiger partial charge on any atom is 0.0537 e. The highest BCUT2D eigenvalue weighted by Gasteiger charge is 2.30. The van der Waals surface area contributed by atoms with Crippen LogP contribution in [0.1, 0.15) is 38.3 Å². The van der Waals surface area contributed by atoms with Gasteiger partial charge < -0.3 is 5.73 Å². The van der Waals surface area contributed by atoms with Crippen molar-refractivity contribution in [3.05, 3.63) is 18.0 Å². The van der Waals surface area contributed by atoms with Crippen molar-refractivity contribution in [3.8, 4) is 0 Å². The highest BCUT2D eigenvalue weighted by atomic mass is 15.3. The summed E-state index contributed by atoms with van der Waals surface area (Å²) >= 11 is 0. The van der Waals surface area contributed by atoms with Crippen LogP contribution in [0.5, 0.6) is 0 Å². The van der Waals surface area contributed by atoms with Crippen molar-refractivity contribution >= 4 is 0 Å². The van der Waals surface area contributed by atoms with E-state index >= 15 is 0 Å². The van der Waals surface area contributed by atoms with Gasteiger partial charge in [0.2, 0.25) is 0 Å². The number of hydrogen-bond donors (Lipinski definition) is 1. The molecule has 1 aliphatic rings. The van der Waals surface area contributed by atoms with E-state index in [1.807, 2.05) is 10.9 Å². The Kier molecular flexibility index (Phi) is 2.59. The molecule has 1 aromatic rings. The molecule has 0 aromatic carbocycles. The summed E-state index contributed by atoms with van der Waals surface area (Å²) in [5.74, 6) is 1.35. The van der Waals surface area contributed by atoms with Gasteiger partial charge in [-0.1, -0.05) is 13.8 Å². The molecule has 1 saturated carbocycles. The Bertz CT molecular complexity index is 299. The van der Waals surface area contributed by atoms with Crippen molar-refractivity contribution in [2.45, 2.75) is 39.3 Å². The lowest BCUT2D eigenvalue weighted by Gasteiger charge is -2.06. The van der Waals surface area contributed by atoms with E-state index in [0.717, 1.165) is 6.54 Å². The summed E-state index contributed by atoms with van der Waals surface area (Å²) in [5.41, 5.74) is 7.29. The third-order valence-corrected chi connectivity index (χ3v) is 2.72. The van der Waals surface area contributed by atoms with E-state index in [0.29, 0.717) is 11.8 Å². The first-order valence-electron chi connectivity index (χ1n) is 5.44. The summed E-state index contributed by atoms with van der Waals surface area (Å²) in [6.07, 6.45) is 6.60. The van der Waals surface area contributed by atoms with Crippen LogP contribution in [-0.2, 0) is 6.54 Å². The second-order valence-electron chi connectivity index (χ2n) is 4.75. The van der Waals surface area contributed by atoms with Crippen LogP contribution in [0.15, 0.2) is 12.4 Å². The molecule has 0 amide bonds. The largest absolute Gasteiger partial charge is 0.324 e. The lowest BCUT2D eigenvalue weighted by Crippen LogP contribution is -2.11. The van der Waals surface area contributed by atoms with E-state index in [2.05, 4.69) is 25.1 Å². The summed E-state index contributed by atoms with van der Waals surface area (Å²) in [4.78, 5) is 0. The van der Waals surface area contributed by atoms with Gasteiger partial charge in [0.05, 0.1) is 6.20 Å². The van der Waals surface area contributed by atoms with Gasteiger partial charge in [0.25, 0.3) is 0 Å². The zero-order chi connectivity index (χ0) is 10.1. The molecule has 2 N–H and O–H groups in total. The molecule has 14 heavy (non-hydrogen) atoms. The molecule has 1 fully saturated rings. The molecule has 0 saturated heterocycles. The molecule has 1 heterocycles. The fourth-order valence-electron chi connectivity index (χ4n) is 1.75. The molecule has 3 nitrogen and oxygen atoms in total.